The molecule has 0 aliphatic carbocycles. The van der Waals surface area contributed by atoms with Gasteiger partial charge in [0, 0.05) is 19.2 Å². The molecule has 0 aliphatic rings. The van der Waals surface area contributed by atoms with Crippen molar-refractivity contribution >= 4 is 5.82 Å². The number of hydrogen-bond donors (Lipinski definition) is 1. The third-order valence-corrected chi connectivity index (χ3v) is 1.62. The van der Waals surface area contributed by atoms with Crippen molar-refractivity contribution in [1.29, 1.82) is 0 Å². The molecule has 0 saturated heterocycles. The van der Waals surface area contributed by atoms with Gasteiger partial charge in [0.15, 0.2) is 0 Å². The second kappa shape index (κ2) is 4.31. The molecular weight excluding hydrogens is 166 g/mol. The van der Waals surface area contributed by atoms with Crippen molar-refractivity contribution in [3.05, 3.63) is 22.7 Å². The van der Waals surface area contributed by atoms with Crippen LogP contribution >= 0.6 is 0 Å². The van der Waals surface area contributed by atoms with Gasteiger partial charge in [-0.15, -0.1) is 12.3 Å². The molecule has 0 bridgehead atoms. The molecule has 0 spiro atoms. The Morgan fingerprint density at radius 2 is 2.46 bits per heavy atom. The predicted molar refractivity (Wildman–Crippen MR) is 51.0 cm³/mol. The number of rotatable bonds is 3. The summed E-state index contributed by atoms with van der Waals surface area (Å²) < 4.78 is 1.49. The highest BCUT2D eigenvalue weighted by Gasteiger charge is 1.95. The molecule has 0 amide bonds. The van der Waals surface area contributed by atoms with Gasteiger partial charge in [0.1, 0.15) is 5.82 Å². The van der Waals surface area contributed by atoms with Crippen LogP contribution in [-0.2, 0) is 6.54 Å². The van der Waals surface area contributed by atoms with Gasteiger partial charge in [-0.2, -0.15) is 4.98 Å². The Bertz CT molecular complexity index is 375. The molecule has 0 saturated carbocycles. The summed E-state index contributed by atoms with van der Waals surface area (Å²) in [4.78, 5) is 14.7. The Morgan fingerprint density at radius 3 is 3.08 bits per heavy atom. The van der Waals surface area contributed by atoms with E-state index >= 15 is 0 Å². The molecule has 1 heterocycles. The van der Waals surface area contributed by atoms with Crippen LogP contribution < -0.4 is 11.4 Å². The lowest BCUT2D eigenvalue weighted by Gasteiger charge is -2.02. The molecule has 4 heteroatoms. The van der Waals surface area contributed by atoms with Gasteiger partial charge >= 0.3 is 5.69 Å². The summed E-state index contributed by atoms with van der Waals surface area (Å²) in [7, 11) is 0. The van der Waals surface area contributed by atoms with E-state index < -0.39 is 0 Å². The van der Waals surface area contributed by atoms with E-state index in [4.69, 9.17) is 12.2 Å². The molecule has 1 aromatic heterocycles. The first-order chi connectivity index (χ1) is 6.24. The SMILES string of the molecule is C#CCCCn1ccc(N)nc1=O. The van der Waals surface area contributed by atoms with E-state index in [2.05, 4.69) is 10.9 Å². The summed E-state index contributed by atoms with van der Waals surface area (Å²) >= 11 is 0. The highest BCUT2D eigenvalue weighted by Crippen LogP contribution is 1.93. The molecule has 1 aromatic rings. The Labute approximate surface area is 76.4 Å². The molecular formula is C9H11N3O. The monoisotopic (exact) mass is 177 g/mol. The highest BCUT2D eigenvalue weighted by molar-refractivity contribution is 5.23. The summed E-state index contributed by atoms with van der Waals surface area (Å²) in [5, 5.41) is 0. The normalized spacial score (nSPS) is 9.46. The molecule has 68 valence electrons. The Balaban J connectivity index is 2.68. The number of anilines is 1. The summed E-state index contributed by atoms with van der Waals surface area (Å²) in [5.74, 6) is 2.76. The summed E-state index contributed by atoms with van der Waals surface area (Å²) in [6.07, 6.45) is 8.15. The van der Waals surface area contributed by atoms with E-state index in [-0.39, 0.29) is 11.5 Å². The molecule has 0 atom stereocenters. The third-order valence-electron chi connectivity index (χ3n) is 1.62. The number of nitrogens with two attached hydrogens (primary N) is 1. The van der Waals surface area contributed by atoms with Gasteiger partial charge in [0.2, 0.25) is 0 Å². The molecule has 0 fully saturated rings. The number of hydrogen-bond acceptors (Lipinski definition) is 3. The van der Waals surface area contributed by atoms with Gasteiger partial charge in [-0.3, -0.25) is 4.57 Å². The number of nitrogens with zero attached hydrogens (tertiary/aromatic N) is 2. The number of aromatic nitrogens is 2. The van der Waals surface area contributed by atoms with Gasteiger partial charge in [0.25, 0.3) is 0 Å². The van der Waals surface area contributed by atoms with Crippen LogP contribution in [0.3, 0.4) is 0 Å². The van der Waals surface area contributed by atoms with Crippen LogP contribution in [0.1, 0.15) is 12.8 Å². The minimum Gasteiger partial charge on any atom is -0.383 e. The van der Waals surface area contributed by atoms with E-state index in [1.807, 2.05) is 0 Å². The highest BCUT2D eigenvalue weighted by atomic mass is 16.1. The van der Waals surface area contributed by atoms with Crippen molar-refractivity contribution in [2.45, 2.75) is 19.4 Å². The smallest absolute Gasteiger partial charge is 0.349 e. The molecule has 0 unspecified atom stereocenters. The Kier molecular flexibility index (Phi) is 3.09. The largest absolute Gasteiger partial charge is 0.383 e. The topological polar surface area (TPSA) is 60.9 Å². The molecule has 1 rings (SSSR count). The van der Waals surface area contributed by atoms with E-state index in [1.54, 1.807) is 12.3 Å². The van der Waals surface area contributed by atoms with E-state index in [1.165, 1.54) is 4.57 Å². The quantitative estimate of drug-likeness (QED) is 0.531. The van der Waals surface area contributed by atoms with Crippen molar-refractivity contribution < 1.29 is 0 Å². The van der Waals surface area contributed by atoms with Crippen molar-refractivity contribution in [2.24, 2.45) is 0 Å². The Morgan fingerprint density at radius 1 is 1.69 bits per heavy atom. The van der Waals surface area contributed by atoms with Gasteiger partial charge in [-0.25, -0.2) is 4.79 Å². The molecule has 2 N–H and O–H groups in total. The molecule has 0 aromatic carbocycles. The molecule has 0 aliphatic heterocycles. The average Bonchev–Trinajstić information content (AvgIpc) is 2.09. The maximum atomic E-state index is 11.2. The van der Waals surface area contributed by atoms with Crippen molar-refractivity contribution in [1.82, 2.24) is 9.55 Å². The van der Waals surface area contributed by atoms with Crippen LogP contribution in [-0.4, -0.2) is 9.55 Å². The minimum atomic E-state index is -0.322. The lowest BCUT2D eigenvalue weighted by atomic mass is 10.3. The van der Waals surface area contributed by atoms with Crippen LogP contribution in [0.2, 0.25) is 0 Å². The Hall–Kier alpha value is -1.76. The fraction of sp³-hybridized carbons (Fsp3) is 0.333. The standard InChI is InChI=1S/C9H11N3O/c1-2-3-4-6-12-7-5-8(10)11-9(12)13/h1,5,7H,3-4,6H2,(H2,10,11,13). The lowest BCUT2D eigenvalue weighted by Crippen LogP contribution is -2.23. The fourth-order valence-corrected chi connectivity index (χ4v) is 0.964. The van der Waals surface area contributed by atoms with E-state index in [0.717, 1.165) is 6.42 Å². The molecule has 0 radical (unpaired) electrons. The number of aryl methyl sites for hydroxylation is 1. The maximum absolute atomic E-state index is 11.2. The van der Waals surface area contributed by atoms with Gasteiger partial charge in [-0.1, -0.05) is 0 Å². The van der Waals surface area contributed by atoms with Crippen molar-refractivity contribution in [3.63, 3.8) is 0 Å². The van der Waals surface area contributed by atoms with Gasteiger partial charge in [-0.05, 0) is 12.5 Å². The van der Waals surface area contributed by atoms with E-state index in [9.17, 15) is 4.79 Å². The summed E-state index contributed by atoms with van der Waals surface area (Å²) in [5.41, 5.74) is 5.00. The molecule has 4 nitrogen and oxygen atoms in total. The van der Waals surface area contributed by atoms with Crippen LogP contribution in [0.25, 0.3) is 0 Å². The number of nitrogen functional groups attached to an aromatic ring is 1. The van der Waals surface area contributed by atoms with Crippen LogP contribution in [0.4, 0.5) is 5.82 Å². The van der Waals surface area contributed by atoms with Crippen LogP contribution in [0.5, 0.6) is 0 Å². The zero-order valence-electron chi connectivity index (χ0n) is 7.23. The summed E-state index contributed by atoms with van der Waals surface area (Å²) in [6.45, 7) is 0.594. The van der Waals surface area contributed by atoms with Crippen LogP contribution in [0.15, 0.2) is 17.1 Å². The average molecular weight is 177 g/mol. The van der Waals surface area contributed by atoms with Gasteiger partial charge in [0.05, 0.1) is 0 Å². The van der Waals surface area contributed by atoms with Crippen LogP contribution in [0, 0.1) is 12.3 Å². The molecule has 13 heavy (non-hydrogen) atoms. The van der Waals surface area contributed by atoms with E-state index in [0.29, 0.717) is 13.0 Å². The minimum absolute atomic E-state index is 0.248. The number of unbranched alkanes of at least 4 members (excludes halogenated alkanes) is 1. The van der Waals surface area contributed by atoms with Crippen molar-refractivity contribution in [3.8, 4) is 12.3 Å². The first-order valence-corrected chi connectivity index (χ1v) is 4.00. The zero-order chi connectivity index (χ0) is 9.68. The predicted octanol–water partition coefficient (Wildman–Crippen LogP) is 0.239. The lowest BCUT2D eigenvalue weighted by molar-refractivity contribution is 0.618. The number of terminal acetylenes is 1. The summed E-state index contributed by atoms with van der Waals surface area (Å²) in [6, 6.07) is 1.59. The third kappa shape index (κ3) is 2.64. The second-order valence-corrected chi connectivity index (χ2v) is 2.64. The van der Waals surface area contributed by atoms with Gasteiger partial charge < -0.3 is 5.73 Å². The maximum Gasteiger partial charge on any atom is 0.349 e. The first kappa shape index (κ1) is 9.33. The fourth-order valence-electron chi connectivity index (χ4n) is 0.964. The first-order valence-electron chi connectivity index (χ1n) is 4.00. The zero-order valence-corrected chi connectivity index (χ0v) is 7.23. The van der Waals surface area contributed by atoms with Crippen molar-refractivity contribution in [2.75, 3.05) is 5.73 Å². The second-order valence-electron chi connectivity index (χ2n) is 2.64.